The Bertz CT molecular complexity index is 1020. The molecule has 10 heteroatoms. The summed E-state index contributed by atoms with van der Waals surface area (Å²) in [6, 6.07) is 9.61. The molecule has 0 aliphatic rings. The molecule has 3 aromatic rings. The van der Waals surface area contributed by atoms with E-state index in [0.717, 1.165) is 14.9 Å². The van der Waals surface area contributed by atoms with E-state index >= 15 is 0 Å². The average Bonchev–Trinajstić information content (AvgIpc) is 3.31. The maximum Gasteiger partial charge on any atom is 0.237 e. The molecule has 0 aliphatic carbocycles. The molecule has 0 saturated carbocycles. The van der Waals surface area contributed by atoms with Gasteiger partial charge in [-0.15, -0.1) is 21.5 Å². The van der Waals surface area contributed by atoms with Gasteiger partial charge in [-0.05, 0) is 58.9 Å². The predicted octanol–water partition coefficient (Wildman–Crippen LogP) is 4.07. The van der Waals surface area contributed by atoms with E-state index in [4.69, 9.17) is 5.73 Å². The number of carbonyl (C=O) groups excluding carboxylic acids is 2. The molecule has 0 spiro atoms. The van der Waals surface area contributed by atoms with Gasteiger partial charge in [0.15, 0.2) is 11.0 Å². The zero-order valence-electron chi connectivity index (χ0n) is 15.9. The van der Waals surface area contributed by atoms with Crippen molar-refractivity contribution in [2.75, 3.05) is 5.32 Å². The average molecular weight is 494 g/mol. The quantitative estimate of drug-likeness (QED) is 0.460. The summed E-state index contributed by atoms with van der Waals surface area (Å²) in [4.78, 5) is 24.9. The summed E-state index contributed by atoms with van der Waals surface area (Å²) in [5.74, 6) is 0.112. The van der Waals surface area contributed by atoms with Gasteiger partial charge in [0.2, 0.25) is 11.8 Å². The lowest BCUT2D eigenvalue weighted by atomic mass is 10.2. The molecule has 3 N–H and O–H groups in total. The lowest BCUT2D eigenvalue weighted by Crippen LogP contribution is -2.23. The first kappa shape index (κ1) is 21.5. The SMILES string of the molecule is Cc1ccc(NC(=O)C(C)Sc2nnc(-c3cccs3)n2CCC(N)=O)c(Br)c1. The maximum atomic E-state index is 12.7. The number of carbonyl (C=O) groups is 2. The molecule has 1 unspecified atom stereocenters. The summed E-state index contributed by atoms with van der Waals surface area (Å²) in [5.41, 5.74) is 7.13. The van der Waals surface area contributed by atoms with Crippen LogP contribution in [0.15, 0.2) is 45.3 Å². The number of hydrogen-bond acceptors (Lipinski definition) is 6. The van der Waals surface area contributed by atoms with Crippen LogP contribution in [0.1, 0.15) is 18.9 Å². The van der Waals surface area contributed by atoms with Crippen LogP contribution in [0.5, 0.6) is 0 Å². The summed E-state index contributed by atoms with van der Waals surface area (Å²) < 4.78 is 2.67. The largest absolute Gasteiger partial charge is 0.370 e. The van der Waals surface area contributed by atoms with Crippen LogP contribution in [0.3, 0.4) is 0 Å². The summed E-state index contributed by atoms with van der Waals surface area (Å²) in [6.45, 7) is 4.15. The number of nitrogens with one attached hydrogen (secondary N) is 1. The zero-order chi connectivity index (χ0) is 21.0. The van der Waals surface area contributed by atoms with Crippen molar-refractivity contribution in [3.8, 4) is 10.7 Å². The minimum absolute atomic E-state index is 0.151. The Labute approximate surface area is 185 Å². The van der Waals surface area contributed by atoms with E-state index in [1.54, 1.807) is 6.92 Å². The summed E-state index contributed by atoms with van der Waals surface area (Å²) >= 11 is 6.30. The van der Waals surface area contributed by atoms with Crippen molar-refractivity contribution in [1.29, 1.82) is 0 Å². The van der Waals surface area contributed by atoms with Gasteiger partial charge in [0.1, 0.15) is 0 Å². The molecule has 29 heavy (non-hydrogen) atoms. The number of anilines is 1. The fourth-order valence-corrected chi connectivity index (χ4v) is 4.74. The third-order valence-corrected chi connectivity index (χ3v) is 6.68. The van der Waals surface area contributed by atoms with Gasteiger partial charge < -0.3 is 15.6 Å². The normalized spacial score (nSPS) is 12.0. The molecular formula is C19H20BrN5O2S2. The van der Waals surface area contributed by atoms with Gasteiger partial charge in [0.25, 0.3) is 0 Å². The number of rotatable bonds is 8. The van der Waals surface area contributed by atoms with Gasteiger partial charge in [0.05, 0.1) is 15.8 Å². The van der Waals surface area contributed by atoms with Crippen molar-refractivity contribution in [2.45, 2.75) is 37.2 Å². The fraction of sp³-hybridized carbons (Fsp3) is 0.263. The highest BCUT2D eigenvalue weighted by Crippen LogP contribution is 2.30. The third-order valence-electron chi connectivity index (χ3n) is 4.07. The van der Waals surface area contributed by atoms with E-state index in [1.807, 2.05) is 47.2 Å². The molecule has 2 amide bonds. The van der Waals surface area contributed by atoms with Crippen LogP contribution in [-0.2, 0) is 16.1 Å². The monoisotopic (exact) mass is 493 g/mol. The highest BCUT2D eigenvalue weighted by molar-refractivity contribution is 9.10. The standard InChI is InChI=1S/C19H20BrN5O2S2/c1-11-5-6-14(13(20)10-11)22-18(27)12(2)29-19-24-23-17(15-4-3-9-28-15)25(19)8-7-16(21)26/h3-6,9-10,12H,7-8H2,1-2H3,(H2,21,26)(H,22,27). The van der Waals surface area contributed by atoms with Crippen molar-refractivity contribution in [2.24, 2.45) is 5.73 Å². The number of amides is 2. The molecular weight excluding hydrogens is 474 g/mol. The molecule has 152 valence electrons. The molecule has 0 radical (unpaired) electrons. The lowest BCUT2D eigenvalue weighted by molar-refractivity contribution is -0.118. The van der Waals surface area contributed by atoms with Crippen molar-refractivity contribution >= 4 is 56.5 Å². The molecule has 0 fully saturated rings. The van der Waals surface area contributed by atoms with Gasteiger partial charge in [-0.3, -0.25) is 9.59 Å². The number of hydrogen-bond donors (Lipinski definition) is 2. The molecule has 3 rings (SSSR count). The fourth-order valence-electron chi connectivity index (χ4n) is 2.56. The Morgan fingerprint density at radius 1 is 1.34 bits per heavy atom. The van der Waals surface area contributed by atoms with Crippen LogP contribution in [0.2, 0.25) is 0 Å². The third kappa shape index (κ3) is 5.46. The van der Waals surface area contributed by atoms with E-state index in [0.29, 0.717) is 23.2 Å². The Kier molecular flexibility index (Phi) is 7.09. The molecule has 7 nitrogen and oxygen atoms in total. The van der Waals surface area contributed by atoms with Gasteiger partial charge in [-0.2, -0.15) is 0 Å². The Morgan fingerprint density at radius 3 is 2.79 bits per heavy atom. The van der Waals surface area contributed by atoms with Gasteiger partial charge in [-0.25, -0.2) is 0 Å². The van der Waals surface area contributed by atoms with Crippen molar-refractivity contribution in [3.63, 3.8) is 0 Å². The molecule has 0 bridgehead atoms. The first-order chi connectivity index (χ1) is 13.8. The highest BCUT2D eigenvalue weighted by Gasteiger charge is 2.22. The highest BCUT2D eigenvalue weighted by atomic mass is 79.9. The Morgan fingerprint density at radius 2 is 2.14 bits per heavy atom. The Hall–Kier alpha value is -2.17. The number of aryl methyl sites for hydroxylation is 1. The minimum Gasteiger partial charge on any atom is -0.370 e. The molecule has 2 aromatic heterocycles. The predicted molar refractivity (Wildman–Crippen MR) is 120 cm³/mol. The second-order valence-corrected chi connectivity index (χ2v) is 9.49. The number of primary amides is 1. The minimum atomic E-state index is -0.420. The van der Waals surface area contributed by atoms with Crippen molar-refractivity contribution in [3.05, 3.63) is 45.7 Å². The number of thiophene rings is 1. The van der Waals surface area contributed by atoms with E-state index in [1.165, 1.54) is 23.1 Å². The summed E-state index contributed by atoms with van der Waals surface area (Å²) in [7, 11) is 0. The van der Waals surface area contributed by atoms with Gasteiger partial charge >= 0.3 is 0 Å². The van der Waals surface area contributed by atoms with Crippen LogP contribution in [-0.4, -0.2) is 31.8 Å². The summed E-state index contributed by atoms with van der Waals surface area (Å²) in [5, 5.41) is 13.5. The van der Waals surface area contributed by atoms with E-state index in [9.17, 15) is 9.59 Å². The number of benzene rings is 1. The number of nitrogens with zero attached hydrogens (tertiary/aromatic N) is 3. The zero-order valence-corrected chi connectivity index (χ0v) is 19.1. The van der Waals surface area contributed by atoms with E-state index in [-0.39, 0.29) is 12.3 Å². The number of aromatic nitrogens is 3. The number of thioether (sulfide) groups is 1. The molecule has 1 atom stereocenters. The van der Waals surface area contributed by atoms with Gasteiger partial charge in [0, 0.05) is 17.4 Å². The van der Waals surface area contributed by atoms with E-state index < -0.39 is 11.2 Å². The van der Waals surface area contributed by atoms with Crippen molar-refractivity contribution in [1.82, 2.24) is 14.8 Å². The second kappa shape index (κ2) is 9.55. The molecule has 1 aromatic carbocycles. The van der Waals surface area contributed by atoms with Crippen LogP contribution in [0, 0.1) is 6.92 Å². The van der Waals surface area contributed by atoms with Gasteiger partial charge in [-0.1, -0.05) is 23.9 Å². The number of halogens is 1. The maximum absolute atomic E-state index is 12.7. The summed E-state index contributed by atoms with van der Waals surface area (Å²) in [6.07, 6.45) is 0.168. The van der Waals surface area contributed by atoms with Crippen LogP contribution < -0.4 is 11.1 Å². The number of nitrogens with two attached hydrogens (primary N) is 1. The smallest absolute Gasteiger partial charge is 0.237 e. The van der Waals surface area contributed by atoms with E-state index in [2.05, 4.69) is 31.4 Å². The molecule has 0 saturated heterocycles. The van der Waals surface area contributed by atoms with Crippen molar-refractivity contribution < 1.29 is 9.59 Å². The first-order valence-electron chi connectivity index (χ1n) is 8.84. The second-order valence-electron chi connectivity index (χ2n) is 6.38. The first-order valence-corrected chi connectivity index (χ1v) is 11.4. The van der Waals surface area contributed by atoms with Crippen LogP contribution in [0.25, 0.3) is 10.7 Å². The molecule has 0 aliphatic heterocycles. The van der Waals surface area contributed by atoms with Crippen LogP contribution >= 0.6 is 39.0 Å². The lowest BCUT2D eigenvalue weighted by Gasteiger charge is -2.14. The molecule has 2 heterocycles. The topological polar surface area (TPSA) is 103 Å². The Balaban J connectivity index is 1.77. The van der Waals surface area contributed by atoms with Crippen LogP contribution in [0.4, 0.5) is 5.69 Å².